The molecule has 0 aliphatic heterocycles. The highest BCUT2D eigenvalue weighted by Crippen LogP contribution is 2.24. The minimum Gasteiger partial charge on any atom is -0.480 e. The summed E-state index contributed by atoms with van der Waals surface area (Å²) >= 11 is 1.40. The smallest absolute Gasteiger partial charge is 0.326 e. The van der Waals surface area contributed by atoms with E-state index in [1.54, 1.807) is 24.0 Å². The van der Waals surface area contributed by atoms with E-state index in [0.29, 0.717) is 5.69 Å². The number of carbonyl (C=O) groups is 2. The van der Waals surface area contributed by atoms with E-state index in [9.17, 15) is 9.59 Å². The average molecular weight is 324 g/mol. The van der Waals surface area contributed by atoms with Crippen LogP contribution in [0.25, 0.3) is 10.6 Å². The highest BCUT2D eigenvalue weighted by Gasteiger charge is 2.20. The molecule has 2 aromatic rings. The van der Waals surface area contributed by atoms with Crippen molar-refractivity contribution in [1.29, 1.82) is 0 Å². The normalized spacial score (nSPS) is 12.0. The maximum Gasteiger partial charge on any atom is 0.326 e. The molecule has 8 heteroatoms. The number of carbonyl (C=O) groups excluding carboxylic acids is 1. The second-order valence-corrected chi connectivity index (χ2v) is 5.43. The number of rotatable bonds is 8. The molecule has 2 N–H and O–H groups in total. The average Bonchev–Trinajstić information content (AvgIpc) is 3.13. The summed E-state index contributed by atoms with van der Waals surface area (Å²) in [5.41, 5.74) is 1.44. The van der Waals surface area contributed by atoms with Crippen molar-refractivity contribution < 1.29 is 23.8 Å². The number of nitrogens with zero attached hydrogens (tertiary/aromatic N) is 1. The molecule has 1 atom stereocenters. The lowest BCUT2D eigenvalue weighted by Crippen LogP contribution is -2.42. The van der Waals surface area contributed by atoms with Crippen LogP contribution in [-0.2, 0) is 20.7 Å². The van der Waals surface area contributed by atoms with E-state index < -0.39 is 12.0 Å². The first-order valence-corrected chi connectivity index (χ1v) is 7.46. The lowest BCUT2D eigenvalue weighted by atomic mass is 10.2. The summed E-state index contributed by atoms with van der Waals surface area (Å²) in [6.45, 7) is 0.262. The third kappa shape index (κ3) is 4.40. The van der Waals surface area contributed by atoms with Gasteiger partial charge in [-0.25, -0.2) is 9.78 Å². The van der Waals surface area contributed by atoms with Crippen LogP contribution in [0.2, 0.25) is 0 Å². The fraction of sp³-hybridized carbons (Fsp3) is 0.357. The Hall–Kier alpha value is -2.19. The van der Waals surface area contributed by atoms with Gasteiger partial charge in [-0.2, -0.15) is 0 Å². The fourth-order valence-corrected chi connectivity index (χ4v) is 2.62. The molecule has 0 spiro atoms. The van der Waals surface area contributed by atoms with Crippen LogP contribution in [0.4, 0.5) is 0 Å². The van der Waals surface area contributed by atoms with Gasteiger partial charge in [-0.3, -0.25) is 4.79 Å². The molecule has 2 rings (SSSR count). The van der Waals surface area contributed by atoms with E-state index in [4.69, 9.17) is 14.3 Å². The SMILES string of the molecule is COCCC(NC(=O)Cc1csc(-c2ccoc2)n1)C(=O)O. The molecule has 1 amide bonds. The molecule has 0 radical (unpaired) electrons. The molecule has 0 saturated carbocycles. The van der Waals surface area contributed by atoms with Crippen molar-refractivity contribution in [2.45, 2.75) is 18.9 Å². The number of furan rings is 1. The summed E-state index contributed by atoms with van der Waals surface area (Å²) in [5.74, 6) is -1.46. The highest BCUT2D eigenvalue weighted by molar-refractivity contribution is 7.13. The van der Waals surface area contributed by atoms with Crippen LogP contribution < -0.4 is 5.32 Å². The Kier molecular flexibility index (Phi) is 5.68. The van der Waals surface area contributed by atoms with Crippen LogP contribution in [0, 0.1) is 0 Å². The van der Waals surface area contributed by atoms with Gasteiger partial charge in [0.05, 0.1) is 18.4 Å². The molecule has 2 heterocycles. The molecule has 0 saturated heterocycles. The summed E-state index contributed by atoms with van der Waals surface area (Å²) < 4.78 is 9.82. The van der Waals surface area contributed by atoms with E-state index in [-0.39, 0.29) is 25.4 Å². The molecule has 118 valence electrons. The molecule has 0 aliphatic carbocycles. The molecule has 22 heavy (non-hydrogen) atoms. The maximum atomic E-state index is 11.9. The van der Waals surface area contributed by atoms with Crippen LogP contribution in [0.5, 0.6) is 0 Å². The second-order valence-electron chi connectivity index (χ2n) is 4.57. The van der Waals surface area contributed by atoms with Crippen molar-refractivity contribution in [1.82, 2.24) is 10.3 Å². The number of hydrogen-bond donors (Lipinski definition) is 2. The van der Waals surface area contributed by atoms with Crippen molar-refractivity contribution in [2.75, 3.05) is 13.7 Å². The van der Waals surface area contributed by atoms with Gasteiger partial charge >= 0.3 is 5.97 Å². The highest BCUT2D eigenvalue weighted by atomic mass is 32.1. The van der Waals surface area contributed by atoms with E-state index >= 15 is 0 Å². The van der Waals surface area contributed by atoms with Crippen LogP contribution in [0.1, 0.15) is 12.1 Å². The van der Waals surface area contributed by atoms with Crippen molar-refractivity contribution in [3.8, 4) is 10.6 Å². The van der Waals surface area contributed by atoms with Gasteiger partial charge in [0.2, 0.25) is 5.91 Å². The Bertz CT molecular complexity index is 623. The zero-order chi connectivity index (χ0) is 15.9. The number of thiazole rings is 1. The van der Waals surface area contributed by atoms with Gasteiger partial charge in [0.15, 0.2) is 0 Å². The number of nitrogens with one attached hydrogen (secondary N) is 1. The van der Waals surface area contributed by atoms with E-state index in [0.717, 1.165) is 10.6 Å². The Morgan fingerprint density at radius 1 is 1.55 bits per heavy atom. The molecule has 0 aliphatic rings. The van der Waals surface area contributed by atoms with E-state index in [2.05, 4.69) is 10.3 Å². The Morgan fingerprint density at radius 3 is 3.00 bits per heavy atom. The number of carboxylic acids is 1. The number of hydrogen-bond acceptors (Lipinski definition) is 6. The van der Waals surface area contributed by atoms with Crippen molar-refractivity contribution in [2.24, 2.45) is 0 Å². The van der Waals surface area contributed by atoms with Gasteiger partial charge < -0.3 is 19.6 Å². The van der Waals surface area contributed by atoms with Gasteiger partial charge in [-0.1, -0.05) is 0 Å². The summed E-state index contributed by atoms with van der Waals surface area (Å²) in [7, 11) is 1.48. The van der Waals surface area contributed by atoms with Crippen molar-refractivity contribution in [3.05, 3.63) is 29.7 Å². The topological polar surface area (TPSA) is 102 Å². The standard InChI is InChI=1S/C14H16N2O5S/c1-20-4-3-11(14(18)19)16-12(17)6-10-8-22-13(15-10)9-2-5-21-7-9/h2,5,7-8,11H,3-4,6H2,1H3,(H,16,17)(H,18,19). The summed E-state index contributed by atoms with van der Waals surface area (Å²) in [6.07, 6.45) is 3.38. The predicted molar refractivity (Wildman–Crippen MR) is 79.6 cm³/mol. The predicted octanol–water partition coefficient (Wildman–Crippen LogP) is 1.55. The van der Waals surface area contributed by atoms with Gasteiger partial charge in [0, 0.05) is 31.1 Å². The third-order valence-electron chi connectivity index (χ3n) is 2.91. The lowest BCUT2D eigenvalue weighted by Gasteiger charge is -2.13. The fourth-order valence-electron chi connectivity index (χ4n) is 1.81. The molecule has 0 bridgehead atoms. The van der Waals surface area contributed by atoms with Gasteiger partial charge in [0.25, 0.3) is 0 Å². The monoisotopic (exact) mass is 324 g/mol. The summed E-state index contributed by atoms with van der Waals surface area (Å²) in [6, 6.07) is 0.827. The van der Waals surface area contributed by atoms with Crippen molar-refractivity contribution in [3.63, 3.8) is 0 Å². The van der Waals surface area contributed by atoms with Gasteiger partial charge in [-0.05, 0) is 6.07 Å². The van der Waals surface area contributed by atoms with Gasteiger partial charge in [-0.15, -0.1) is 11.3 Å². The summed E-state index contributed by atoms with van der Waals surface area (Å²) in [4.78, 5) is 27.3. The largest absolute Gasteiger partial charge is 0.480 e. The molecule has 0 fully saturated rings. The second kappa shape index (κ2) is 7.71. The molecule has 7 nitrogen and oxygen atoms in total. The van der Waals surface area contributed by atoms with Crippen LogP contribution >= 0.6 is 11.3 Å². The number of aliphatic carboxylic acids is 1. The van der Waals surface area contributed by atoms with E-state index in [1.165, 1.54) is 18.4 Å². The van der Waals surface area contributed by atoms with Crippen LogP contribution in [0.3, 0.4) is 0 Å². The molecule has 1 unspecified atom stereocenters. The Morgan fingerprint density at radius 2 is 2.36 bits per heavy atom. The lowest BCUT2D eigenvalue weighted by molar-refractivity contribution is -0.142. The quantitative estimate of drug-likeness (QED) is 0.764. The number of ether oxygens (including phenoxy) is 1. The molecular weight excluding hydrogens is 308 g/mol. The first-order chi connectivity index (χ1) is 10.6. The van der Waals surface area contributed by atoms with E-state index in [1.807, 2.05) is 0 Å². The minimum atomic E-state index is -1.08. The Labute approximate surface area is 130 Å². The number of aromatic nitrogens is 1. The number of carboxylic acid groups (broad SMARTS) is 1. The summed E-state index contributed by atoms with van der Waals surface area (Å²) in [5, 5.41) is 14.0. The zero-order valence-corrected chi connectivity index (χ0v) is 12.8. The Balaban J connectivity index is 1.92. The molecular formula is C14H16N2O5S. The zero-order valence-electron chi connectivity index (χ0n) is 11.9. The minimum absolute atomic E-state index is 0.0329. The molecule has 2 aromatic heterocycles. The number of methoxy groups -OCH3 is 1. The first kappa shape index (κ1) is 16.2. The van der Waals surface area contributed by atoms with Crippen molar-refractivity contribution >= 4 is 23.2 Å². The van der Waals surface area contributed by atoms with Gasteiger partial charge in [0.1, 0.15) is 17.3 Å². The molecule has 0 aromatic carbocycles. The maximum absolute atomic E-state index is 11.9. The number of amides is 1. The third-order valence-corrected chi connectivity index (χ3v) is 3.85. The first-order valence-electron chi connectivity index (χ1n) is 6.58. The van der Waals surface area contributed by atoms with Crippen LogP contribution in [-0.4, -0.2) is 41.7 Å². The van der Waals surface area contributed by atoms with Crippen LogP contribution in [0.15, 0.2) is 28.4 Å².